The smallest absolute Gasteiger partial charge is 0.419 e. The second-order valence-electron chi connectivity index (χ2n) is 7.92. The van der Waals surface area contributed by atoms with Gasteiger partial charge < -0.3 is 25.1 Å². The van der Waals surface area contributed by atoms with Gasteiger partial charge in [0.15, 0.2) is 11.3 Å². The molecular weight excluding hydrogens is 452 g/mol. The molecule has 35 heavy (non-hydrogen) atoms. The standard InChI is InChI=1S/C24H20N6O5/c1-30-17-8-14(4-7-18(17)35-24(30)34)10-27-22(31)21-20-19(28-12-29-21)16(11-26-20)25-9-13-2-5-15(6-3-13)23(32)33/h2-8,11-12,25-26H,9-10H2,1H3,(H,27,31)(H,32,33). The number of aromatic carboxylic acids is 1. The lowest BCUT2D eigenvalue weighted by Crippen LogP contribution is -2.24. The first-order chi connectivity index (χ1) is 16.9. The molecule has 0 aliphatic carbocycles. The third-order valence-electron chi connectivity index (χ3n) is 5.67. The fraction of sp³-hybridized carbons (Fsp3) is 0.125. The molecule has 0 atom stereocenters. The number of rotatable bonds is 7. The van der Waals surface area contributed by atoms with E-state index in [4.69, 9.17) is 9.52 Å². The van der Waals surface area contributed by atoms with E-state index in [1.54, 1.807) is 55.7 Å². The molecule has 0 saturated heterocycles. The van der Waals surface area contributed by atoms with Crippen LogP contribution in [0.3, 0.4) is 0 Å². The number of H-pyrrole nitrogens is 1. The number of aryl methyl sites for hydroxylation is 1. The highest BCUT2D eigenvalue weighted by Crippen LogP contribution is 2.23. The van der Waals surface area contributed by atoms with Gasteiger partial charge in [-0.05, 0) is 35.4 Å². The Kier molecular flexibility index (Phi) is 5.49. The number of hydrogen-bond acceptors (Lipinski definition) is 7. The molecule has 11 nitrogen and oxygen atoms in total. The number of benzene rings is 2. The Bertz CT molecular complexity index is 1630. The number of aromatic amines is 1. The molecule has 0 unspecified atom stereocenters. The third kappa shape index (κ3) is 4.22. The van der Waals surface area contributed by atoms with E-state index in [1.165, 1.54) is 10.9 Å². The van der Waals surface area contributed by atoms with Crippen molar-refractivity contribution in [1.29, 1.82) is 0 Å². The number of oxazole rings is 1. The summed E-state index contributed by atoms with van der Waals surface area (Å²) in [6.45, 7) is 0.676. The van der Waals surface area contributed by atoms with Gasteiger partial charge in [0, 0.05) is 26.3 Å². The van der Waals surface area contributed by atoms with Gasteiger partial charge in [0.1, 0.15) is 11.8 Å². The maximum absolute atomic E-state index is 12.9. The van der Waals surface area contributed by atoms with E-state index < -0.39 is 11.7 Å². The zero-order valence-corrected chi connectivity index (χ0v) is 18.5. The number of carboxylic acids is 1. The Morgan fingerprint density at radius 2 is 1.86 bits per heavy atom. The topological polar surface area (TPSA) is 155 Å². The van der Waals surface area contributed by atoms with Gasteiger partial charge in [-0.25, -0.2) is 19.6 Å². The second kappa shape index (κ2) is 8.78. The number of anilines is 1. The van der Waals surface area contributed by atoms with Gasteiger partial charge in [0.05, 0.1) is 22.3 Å². The summed E-state index contributed by atoms with van der Waals surface area (Å²) in [6, 6.07) is 11.8. The summed E-state index contributed by atoms with van der Waals surface area (Å²) in [4.78, 5) is 47.0. The van der Waals surface area contributed by atoms with Gasteiger partial charge in [0.25, 0.3) is 5.91 Å². The highest BCUT2D eigenvalue weighted by atomic mass is 16.4. The van der Waals surface area contributed by atoms with Gasteiger partial charge >= 0.3 is 11.7 Å². The molecule has 0 spiro atoms. The molecule has 176 valence electrons. The predicted molar refractivity (Wildman–Crippen MR) is 127 cm³/mol. The average Bonchev–Trinajstić information content (AvgIpc) is 3.41. The lowest BCUT2D eigenvalue weighted by Gasteiger charge is -2.07. The highest BCUT2D eigenvalue weighted by Gasteiger charge is 2.16. The quantitative estimate of drug-likeness (QED) is 0.282. The van der Waals surface area contributed by atoms with Gasteiger partial charge in [-0.3, -0.25) is 9.36 Å². The monoisotopic (exact) mass is 472 g/mol. The number of fused-ring (bicyclic) bond motifs is 2. The fourth-order valence-electron chi connectivity index (χ4n) is 3.76. The Labute approximate surface area is 197 Å². The fourth-order valence-corrected chi connectivity index (χ4v) is 3.76. The second-order valence-corrected chi connectivity index (χ2v) is 7.92. The van der Waals surface area contributed by atoms with E-state index in [0.29, 0.717) is 34.4 Å². The molecule has 5 aromatic rings. The number of aromatic nitrogens is 4. The van der Waals surface area contributed by atoms with Crippen molar-refractivity contribution in [1.82, 2.24) is 24.8 Å². The Morgan fingerprint density at radius 3 is 2.63 bits per heavy atom. The Balaban J connectivity index is 1.30. The van der Waals surface area contributed by atoms with E-state index in [-0.39, 0.29) is 23.7 Å². The summed E-state index contributed by atoms with van der Waals surface area (Å²) in [5, 5.41) is 15.1. The number of nitrogens with zero attached hydrogens (tertiary/aromatic N) is 3. The van der Waals surface area contributed by atoms with Crippen molar-refractivity contribution in [3.63, 3.8) is 0 Å². The maximum atomic E-state index is 12.9. The van der Waals surface area contributed by atoms with Crippen molar-refractivity contribution in [2.24, 2.45) is 7.05 Å². The highest BCUT2D eigenvalue weighted by molar-refractivity contribution is 6.05. The van der Waals surface area contributed by atoms with E-state index in [2.05, 4.69) is 25.6 Å². The van der Waals surface area contributed by atoms with Crippen LogP contribution in [0, 0.1) is 0 Å². The summed E-state index contributed by atoms with van der Waals surface area (Å²) in [7, 11) is 1.62. The van der Waals surface area contributed by atoms with Crippen molar-refractivity contribution < 1.29 is 19.1 Å². The predicted octanol–water partition coefficient (Wildman–Crippen LogP) is 2.64. The molecule has 11 heteroatoms. The van der Waals surface area contributed by atoms with Gasteiger partial charge in [-0.1, -0.05) is 18.2 Å². The van der Waals surface area contributed by atoms with E-state index >= 15 is 0 Å². The molecule has 0 bridgehead atoms. The van der Waals surface area contributed by atoms with Crippen molar-refractivity contribution in [2.75, 3.05) is 5.32 Å². The minimum absolute atomic E-state index is 0.200. The van der Waals surface area contributed by atoms with Crippen LogP contribution in [0.15, 0.2) is 64.2 Å². The van der Waals surface area contributed by atoms with Crippen molar-refractivity contribution in [3.05, 3.63) is 87.9 Å². The number of hydrogen-bond donors (Lipinski definition) is 4. The minimum atomic E-state index is -0.976. The van der Waals surface area contributed by atoms with Crippen LogP contribution in [0.2, 0.25) is 0 Å². The van der Waals surface area contributed by atoms with Crippen molar-refractivity contribution in [3.8, 4) is 0 Å². The van der Waals surface area contributed by atoms with Crippen LogP contribution in [-0.2, 0) is 20.1 Å². The minimum Gasteiger partial charge on any atom is -0.478 e. The van der Waals surface area contributed by atoms with Crippen LogP contribution in [-0.4, -0.2) is 36.5 Å². The molecule has 3 heterocycles. The molecule has 2 aromatic carbocycles. The van der Waals surface area contributed by atoms with E-state index in [0.717, 1.165) is 11.1 Å². The normalized spacial score (nSPS) is 11.1. The Morgan fingerprint density at radius 1 is 1.09 bits per heavy atom. The summed E-state index contributed by atoms with van der Waals surface area (Å²) in [6.07, 6.45) is 3.03. The van der Waals surface area contributed by atoms with Crippen LogP contribution in [0.1, 0.15) is 32.0 Å². The van der Waals surface area contributed by atoms with Crippen LogP contribution in [0.4, 0.5) is 5.69 Å². The molecule has 0 radical (unpaired) electrons. The van der Waals surface area contributed by atoms with Crippen LogP contribution in [0.5, 0.6) is 0 Å². The molecule has 0 fully saturated rings. The average molecular weight is 472 g/mol. The maximum Gasteiger partial charge on any atom is 0.419 e. The van der Waals surface area contributed by atoms with Crippen LogP contribution >= 0.6 is 0 Å². The van der Waals surface area contributed by atoms with Gasteiger partial charge in [-0.2, -0.15) is 0 Å². The van der Waals surface area contributed by atoms with Gasteiger partial charge in [-0.15, -0.1) is 0 Å². The zero-order valence-electron chi connectivity index (χ0n) is 18.5. The number of carbonyl (C=O) groups excluding carboxylic acids is 1. The molecular formula is C24H20N6O5. The van der Waals surface area contributed by atoms with Gasteiger partial charge in [0.2, 0.25) is 0 Å². The molecule has 0 aliphatic heterocycles. The molecule has 1 amide bonds. The van der Waals surface area contributed by atoms with E-state index in [9.17, 15) is 14.4 Å². The van der Waals surface area contributed by atoms with E-state index in [1.807, 2.05) is 0 Å². The molecule has 4 N–H and O–H groups in total. The SMILES string of the molecule is Cn1c(=O)oc2ccc(CNC(=O)c3ncnc4c(NCc5ccc(C(=O)O)cc5)c[nH]c34)cc21. The number of nitrogens with one attached hydrogen (secondary N) is 3. The third-order valence-corrected chi connectivity index (χ3v) is 5.67. The van der Waals surface area contributed by atoms with Crippen LogP contribution < -0.4 is 16.4 Å². The lowest BCUT2D eigenvalue weighted by atomic mass is 10.1. The summed E-state index contributed by atoms with van der Waals surface area (Å²) in [5.41, 5.74) is 4.97. The lowest BCUT2D eigenvalue weighted by molar-refractivity contribution is 0.0696. The number of carboxylic acid groups (broad SMARTS) is 1. The largest absolute Gasteiger partial charge is 0.478 e. The molecule has 5 rings (SSSR count). The molecule has 0 saturated carbocycles. The first kappa shape index (κ1) is 21.9. The van der Waals surface area contributed by atoms with Crippen molar-refractivity contribution in [2.45, 2.75) is 13.1 Å². The first-order valence-electron chi connectivity index (χ1n) is 10.7. The first-order valence-corrected chi connectivity index (χ1v) is 10.7. The number of amides is 1. The zero-order chi connectivity index (χ0) is 24.5. The number of carbonyl (C=O) groups is 2. The van der Waals surface area contributed by atoms with Crippen LogP contribution in [0.25, 0.3) is 22.1 Å². The van der Waals surface area contributed by atoms with Crippen molar-refractivity contribution >= 4 is 39.7 Å². The Hall–Kier alpha value is -4.93. The summed E-state index contributed by atoms with van der Waals surface area (Å²) >= 11 is 0. The molecule has 3 aromatic heterocycles. The summed E-state index contributed by atoms with van der Waals surface area (Å²) in [5.74, 6) is -1.80. The summed E-state index contributed by atoms with van der Waals surface area (Å²) < 4.78 is 6.54. The molecule has 0 aliphatic rings.